The number of ether oxygens (including phenoxy) is 1. The Hall–Kier alpha value is -3.95. The first-order chi connectivity index (χ1) is 12.9. The SMILES string of the molecule is CNc1ccc([N+](=O)[O-])cc1C(=O)OCC(=O)NC(=O)Nc1ccccc1. The van der Waals surface area contributed by atoms with Crippen LogP contribution >= 0.6 is 0 Å². The Morgan fingerprint density at radius 1 is 1.11 bits per heavy atom. The number of nitro benzene ring substituents is 1. The molecule has 2 aromatic rings. The molecular weight excluding hydrogens is 356 g/mol. The van der Waals surface area contributed by atoms with Crippen molar-refractivity contribution in [1.82, 2.24) is 5.32 Å². The van der Waals surface area contributed by atoms with E-state index >= 15 is 0 Å². The minimum absolute atomic E-state index is 0.103. The molecule has 3 amide bonds. The molecule has 3 N–H and O–H groups in total. The Bertz CT molecular complexity index is 869. The van der Waals surface area contributed by atoms with Gasteiger partial charge in [0.1, 0.15) is 0 Å². The van der Waals surface area contributed by atoms with Crippen LogP contribution < -0.4 is 16.0 Å². The third-order valence-electron chi connectivity index (χ3n) is 3.32. The van der Waals surface area contributed by atoms with Crippen molar-refractivity contribution in [2.75, 3.05) is 24.3 Å². The number of hydrogen-bond donors (Lipinski definition) is 3. The summed E-state index contributed by atoms with van der Waals surface area (Å²) in [5.41, 5.74) is 0.378. The molecule has 10 heteroatoms. The fourth-order valence-corrected chi connectivity index (χ4v) is 2.09. The molecule has 0 unspecified atom stereocenters. The predicted octanol–water partition coefficient (Wildman–Crippen LogP) is 2.14. The number of nitro groups is 1. The van der Waals surface area contributed by atoms with Crippen molar-refractivity contribution in [3.05, 3.63) is 64.2 Å². The van der Waals surface area contributed by atoms with Gasteiger partial charge in [0.15, 0.2) is 6.61 Å². The Morgan fingerprint density at radius 2 is 1.81 bits per heavy atom. The normalized spacial score (nSPS) is 9.81. The van der Waals surface area contributed by atoms with E-state index in [9.17, 15) is 24.5 Å². The number of esters is 1. The van der Waals surface area contributed by atoms with E-state index in [4.69, 9.17) is 4.74 Å². The maximum absolute atomic E-state index is 12.1. The summed E-state index contributed by atoms with van der Waals surface area (Å²) in [5.74, 6) is -1.80. The van der Waals surface area contributed by atoms with Crippen molar-refractivity contribution in [2.24, 2.45) is 0 Å². The van der Waals surface area contributed by atoms with Crippen molar-refractivity contribution >= 4 is 35.0 Å². The Balaban J connectivity index is 1.93. The highest BCUT2D eigenvalue weighted by atomic mass is 16.6. The Labute approximate surface area is 153 Å². The zero-order valence-corrected chi connectivity index (χ0v) is 14.2. The van der Waals surface area contributed by atoms with E-state index in [0.717, 1.165) is 6.07 Å². The van der Waals surface area contributed by atoms with Crippen molar-refractivity contribution in [3.8, 4) is 0 Å². The number of nitrogens with one attached hydrogen (secondary N) is 3. The van der Waals surface area contributed by atoms with Crippen molar-refractivity contribution in [2.45, 2.75) is 0 Å². The number of benzene rings is 2. The summed E-state index contributed by atoms with van der Waals surface area (Å²) < 4.78 is 4.82. The molecule has 0 fully saturated rings. The molecule has 0 aliphatic carbocycles. The number of nitrogens with zero attached hydrogens (tertiary/aromatic N) is 1. The first-order valence-corrected chi connectivity index (χ1v) is 7.70. The zero-order chi connectivity index (χ0) is 19.8. The highest BCUT2D eigenvalue weighted by Gasteiger charge is 2.19. The lowest BCUT2D eigenvalue weighted by molar-refractivity contribution is -0.384. The largest absolute Gasteiger partial charge is 0.452 e. The molecule has 2 rings (SSSR count). The van der Waals surface area contributed by atoms with Gasteiger partial charge in [0.05, 0.1) is 10.5 Å². The number of urea groups is 1. The lowest BCUT2D eigenvalue weighted by Crippen LogP contribution is -2.37. The lowest BCUT2D eigenvalue weighted by Gasteiger charge is -2.10. The summed E-state index contributed by atoms with van der Waals surface area (Å²) in [4.78, 5) is 45.7. The number of anilines is 2. The van der Waals surface area contributed by atoms with Gasteiger partial charge in [0.2, 0.25) is 0 Å². The van der Waals surface area contributed by atoms with Gasteiger partial charge in [-0.3, -0.25) is 20.2 Å². The van der Waals surface area contributed by atoms with E-state index in [1.54, 1.807) is 30.3 Å². The summed E-state index contributed by atoms with van der Waals surface area (Å²) >= 11 is 0. The minimum atomic E-state index is -0.943. The van der Waals surface area contributed by atoms with Gasteiger partial charge in [0, 0.05) is 30.6 Å². The number of non-ortho nitro benzene ring substituents is 1. The van der Waals surface area contributed by atoms with Crippen LogP contribution in [0.25, 0.3) is 0 Å². The molecule has 0 heterocycles. The van der Waals surface area contributed by atoms with E-state index in [-0.39, 0.29) is 11.3 Å². The van der Waals surface area contributed by atoms with Gasteiger partial charge < -0.3 is 15.4 Å². The lowest BCUT2D eigenvalue weighted by atomic mass is 10.1. The van der Waals surface area contributed by atoms with Gasteiger partial charge in [-0.25, -0.2) is 9.59 Å². The highest BCUT2D eigenvalue weighted by Crippen LogP contribution is 2.22. The maximum Gasteiger partial charge on any atom is 0.341 e. The average molecular weight is 372 g/mol. The molecule has 0 aliphatic heterocycles. The maximum atomic E-state index is 12.1. The second-order valence-electron chi connectivity index (χ2n) is 5.18. The molecule has 2 aromatic carbocycles. The Morgan fingerprint density at radius 3 is 2.44 bits per heavy atom. The molecule has 0 atom stereocenters. The molecule has 27 heavy (non-hydrogen) atoms. The number of hydrogen-bond acceptors (Lipinski definition) is 7. The highest BCUT2D eigenvalue weighted by molar-refractivity contribution is 6.03. The van der Waals surface area contributed by atoms with E-state index < -0.39 is 29.4 Å². The summed E-state index contributed by atoms with van der Waals surface area (Å²) in [7, 11) is 1.53. The van der Waals surface area contributed by atoms with Gasteiger partial charge in [0.25, 0.3) is 11.6 Å². The van der Waals surface area contributed by atoms with Gasteiger partial charge in [-0.05, 0) is 18.2 Å². The second-order valence-corrected chi connectivity index (χ2v) is 5.18. The summed E-state index contributed by atoms with van der Waals surface area (Å²) in [5, 5.41) is 18.0. The number of imide groups is 1. The molecule has 0 saturated carbocycles. The smallest absolute Gasteiger partial charge is 0.341 e. The molecule has 0 bridgehead atoms. The van der Waals surface area contributed by atoms with Crippen LogP contribution in [0.2, 0.25) is 0 Å². The van der Waals surface area contributed by atoms with E-state index in [2.05, 4.69) is 10.6 Å². The molecule has 0 saturated heterocycles. The predicted molar refractivity (Wildman–Crippen MR) is 96.5 cm³/mol. The second kappa shape index (κ2) is 8.94. The Kier molecular flexibility index (Phi) is 6.42. The molecule has 0 radical (unpaired) electrons. The van der Waals surface area contributed by atoms with Crippen LogP contribution in [-0.2, 0) is 9.53 Å². The fourth-order valence-electron chi connectivity index (χ4n) is 2.09. The van der Waals surface area contributed by atoms with Crippen molar-refractivity contribution < 1.29 is 24.0 Å². The number of rotatable bonds is 6. The zero-order valence-electron chi connectivity index (χ0n) is 14.2. The molecule has 140 valence electrons. The van der Waals surface area contributed by atoms with Gasteiger partial charge in [-0.2, -0.15) is 0 Å². The molecule has 0 aromatic heterocycles. The molecule has 0 aliphatic rings. The van der Waals surface area contributed by atoms with Crippen LogP contribution in [-0.4, -0.2) is 36.5 Å². The first-order valence-electron chi connectivity index (χ1n) is 7.70. The van der Waals surface area contributed by atoms with Crippen LogP contribution in [0.15, 0.2) is 48.5 Å². The number of para-hydroxylation sites is 1. The number of carbonyl (C=O) groups excluding carboxylic acids is 3. The first kappa shape index (κ1) is 19.4. The monoisotopic (exact) mass is 372 g/mol. The van der Waals surface area contributed by atoms with E-state index in [0.29, 0.717) is 11.4 Å². The van der Waals surface area contributed by atoms with Crippen LogP contribution in [0, 0.1) is 10.1 Å². The van der Waals surface area contributed by atoms with E-state index in [1.165, 1.54) is 19.2 Å². The third-order valence-corrected chi connectivity index (χ3v) is 3.32. The quantitative estimate of drug-likeness (QED) is 0.401. The summed E-state index contributed by atoms with van der Waals surface area (Å²) in [6.07, 6.45) is 0. The van der Waals surface area contributed by atoms with Crippen LogP contribution in [0.3, 0.4) is 0 Å². The van der Waals surface area contributed by atoms with E-state index in [1.807, 2.05) is 5.32 Å². The van der Waals surface area contributed by atoms with Crippen molar-refractivity contribution in [1.29, 1.82) is 0 Å². The van der Waals surface area contributed by atoms with Gasteiger partial charge in [-0.15, -0.1) is 0 Å². The van der Waals surface area contributed by atoms with Crippen LogP contribution in [0.4, 0.5) is 21.9 Å². The standard InChI is InChI=1S/C17H16N4O6/c1-18-14-8-7-12(21(25)26)9-13(14)16(23)27-10-15(22)20-17(24)19-11-5-3-2-4-6-11/h2-9,18H,10H2,1H3,(H2,19,20,22,24). The fraction of sp³-hybridized carbons (Fsp3) is 0.118. The van der Waals surface area contributed by atoms with Crippen LogP contribution in [0.5, 0.6) is 0 Å². The average Bonchev–Trinajstić information content (AvgIpc) is 2.66. The summed E-state index contributed by atoms with van der Waals surface area (Å²) in [6, 6.07) is 11.3. The van der Waals surface area contributed by atoms with Crippen molar-refractivity contribution in [3.63, 3.8) is 0 Å². The molecule has 0 spiro atoms. The van der Waals surface area contributed by atoms with Gasteiger partial charge >= 0.3 is 12.0 Å². The summed E-state index contributed by atoms with van der Waals surface area (Å²) in [6.45, 7) is -0.729. The molecular formula is C17H16N4O6. The van der Waals surface area contributed by atoms with Crippen LogP contribution in [0.1, 0.15) is 10.4 Å². The molecule has 10 nitrogen and oxygen atoms in total. The van der Waals surface area contributed by atoms with Gasteiger partial charge in [-0.1, -0.05) is 18.2 Å². The topological polar surface area (TPSA) is 140 Å². The minimum Gasteiger partial charge on any atom is -0.452 e. The number of amides is 3. The number of carbonyl (C=O) groups is 3. The third kappa shape index (κ3) is 5.53.